The Morgan fingerprint density at radius 2 is 2.00 bits per heavy atom. The lowest BCUT2D eigenvalue weighted by Crippen LogP contribution is -2.28. The minimum absolute atomic E-state index is 0.0795. The number of anilines is 1. The van der Waals surface area contributed by atoms with Crippen LogP contribution in [0.2, 0.25) is 0 Å². The number of benzene rings is 2. The first-order valence-corrected chi connectivity index (χ1v) is 7.39. The van der Waals surface area contributed by atoms with Crippen LogP contribution in [0.15, 0.2) is 36.4 Å². The van der Waals surface area contributed by atoms with Crippen LogP contribution < -0.4 is 9.80 Å². The Morgan fingerprint density at radius 3 is 2.65 bits per heavy atom. The number of hydrogen-bond acceptors (Lipinski definition) is 4. The molecule has 2 rings (SSSR count). The monoisotopic (exact) mass is 335 g/mol. The van der Waals surface area contributed by atoms with E-state index in [1.165, 1.54) is 13.2 Å². The topological polar surface area (TPSA) is 41.9 Å². The van der Waals surface area contributed by atoms with Gasteiger partial charge in [0.25, 0.3) is 5.17 Å². The fourth-order valence-corrected chi connectivity index (χ4v) is 2.30. The van der Waals surface area contributed by atoms with Crippen molar-refractivity contribution in [3.05, 3.63) is 58.9 Å². The van der Waals surface area contributed by atoms with Gasteiger partial charge in [-0.05, 0) is 43.8 Å². The van der Waals surface area contributed by atoms with E-state index in [4.69, 9.17) is 21.7 Å². The van der Waals surface area contributed by atoms with E-state index in [9.17, 15) is 9.60 Å². The van der Waals surface area contributed by atoms with Gasteiger partial charge in [0.05, 0.1) is 7.11 Å². The summed E-state index contributed by atoms with van der Waals surface area (Å²) in [6.07, 6.45) is 0. The Bertz CT molecular complexity index is 721. The molecule has 0 aliphatic rings. The van der Waals surface area contributed by atoms with Gasteiger partial charge < -0.3 is 9.47 Å². The molecule has 122 valence electrons. The molecule has 0 saturated carbocycles. The highest BCUT2D eigenvalue weighted by atomic mass is 32.1. The van der Waals surface area contributed by atoms with E-state index in [1.807, 2.05) is 32.0 Å². The van der Waals surface area contributed by atoms with Crippen molar-refractivity contribution in [1.29, 1.82) is 0 Å². The molecule has 4 nitrogen and oxygen atoms in total. The summed E-state index contributed by atoms with van der Waals surface area (Å²) in [5.41, 5.74) is 2.49. The number of para-hydroxylation sites is 1. The molecule has 0 radical (unpaired) electrons. The minimum atomic E-state index is -0.617. The molecule has 0 amide bonds. The van der Waals surface area contributed by atoms with E-state index in [-0.39, 0.29) is 17.5 Å². The van der Waals surface area contributed by atoms with Gasteiger partial charge in [0.2, 0.25) is 0 Å². The maximum Gasteiger partial charge on any atom is 0.288 e. The van der Waals surface area contributed by atoms with Crippen LogP contribution in [0.5, 0.6) is 5.75 Å². The number of methoxy groups -OCH3 is 1. The standard InChI is InChI=1S/C17H18FNO3S/c1-11-7-8-15(12(2)9-11)22-10-13-5-4-6-14(18)16(13)19(20)17(23)21-3/h4-9,20H,10H2,1-3H3. The molecule has 0 aromatic heterocycles. The second-order valence-electron chi connectivity index (χ2n) is 5.09. The van der Waals surface area contributed by atoms with Gasteiger partial charge in [-0.25, -0.2) is 4.39 Å². The zero-order valence-corrected chi connectivity index (χ0v) is 14.0. The largest absolute Gasteiger partial charge is 0.489 e. The Kier molecular flexibility index (Phi) is 5.52. The maximum absolute atomic E-state index is 14.1. The van der Waals surface area contributed by atoms with Gasteiger partial charge in [-0.3, -0.25) is 5.21 Å². The number of halogens is 1. The number of thiocarbonyl (C=S) groups is 1. The van der Waals surface area contributed by atoms with Crippen molar-refractivity contribution < 1.29 is 19.1 Å². The Hall–Kier alpha value is -2.18. The summed E-state index contributed by atoms with van der Waals surface area (Å²) >= 11 is 4.84. The van der Waals surface area contributed by atoms with Crippen LogP contribution in [0.4, 0.5) is 10.1 Å². The smallest absolute Gasteiger partial charge is 0.288 e. The molecule has 0 aliphatic heterocycles. The average Bonchev–Trinajstić information content (AvgIpc) is 2.52. The predicted octanol–water partition coefficient (Wildman–Crippen LogP) is 4.15. The third-order valence-electron chi connectivity index (χ3n) is 3.34. The highest BCUT2D eigenvalue weighted by Crippen LogP contribution is 2.27. The molecular formula is C17H18FNO3S. The maximum atomic E-state index is 14.1. The number of aryl methyl sites for hydroxylation is 2. The molecule has 0 spiro atoms. The molecule has 2 aromatic rings. The average molecular weight is 335 g/mol. The van der Waals surface area contributed by atoms with E-state index in [0.29, 0.717) is 16.4 Å². The van der Waals surface area contributed by atoms with Crippen LogP contribution in [0.3, 0.4) is 0 Å². The highest BCUT2D eigenvalue weighted by Gasteiger charge is 2.19. The molecule has 23 heavy (non-hydrogen) atoms. The van der Waals surface area contributed by atoms with Crippen molar-refractivity contribution >= 4 is 23.1 Å². The molecule has 6 heteroatoms. The van der Waals surface area contributed by atoms with Crippen LogP contribution in [0.1, 0.15) is 16.7 Å². The first-order chi connectivity index (χ1) is 10.9. The second kappa shape index (κ2) is 7.39. The van der Waals surface area contributed by atoms with Gasteiger partial charge in [-0.1, -0.05) is 29.8 Å². The van der Waals surface area contributed by atoms with E-state index in [1.54, 1.807) is 12.1 Å². The summed E-state index contributed by atoms with van der Waals surface area (Å²) in [7, 11) is 1.30. The summed E-state index contributed by atoms with van der Waals surface area (Å²) in [5.74, 6) is 0.0817. The number of rotatable bonds is 4. The SMILES string of the molecule is COC(=S)N(O)c1c(F)cccc1COc1ccc(C)cc1C. The van der Waals surface area contributed by atoms with Crippen molar-refractivity contribution in [3.8, 4) is 5.75 Å². The van der Waals surface area contributed by atoms with Crippen molar-refractivity contribution in [2.75, 3.05) is 12.2 Å². The van der Waals surface area contributed by atoms with Crippen LogP contribution in [-0.4, -0.2) is 17.5 Å². The molecule has 0 saturated heterocycles. The van der Waals surface area contributed by atoms with Crippen molar-refractivity contribution in [2.24, 2.45) is 0 Å². The van der Waals surface area contributed by atoms with Crippen molar-refractivity contribution in [1.82, 2.24) is 0 Å². The molecule has 0 heterocycles. The molecule has 0 bridgehead atoms. The van der Waals surface area contributed by atoms with Crippen LogP contribution in [0.25, 0.3) is 0 Å². The summed E-state index contributed by atoms with van der Waals surface area (Å²) < 4.78 is 24.6. The normalized spacial score (nSPS) is 10.3. The molecule has 0 aliphatic carbocycles. The van der Waals surface area contributed by atoms with Gasteiger partial charge in [0.1, 0.15) is 23.9 Å². The van der Waals surface area contributed by atoms with Gasteiger partial charge in [0, 0.05) is 5.56 Å². The minimum Gasteiger partial charge on any atom is -0.489 e. The molecule has 0 atom stereocenters. The Labute approximate surface area is 140 Å². The van der Waals surface area contributed by atoms with Gasteiger partial charge >= 0.3 is 0 Å². The summed E-state index contributed by atoms with van der Waals surface area (Å²) in [6.45, 7) is 4.02. The number of ether oxygens (including phenoxy) is 2. The highest BCUT2D eigenvalue weighted by molar-refractivity contribution is 7.80. The molecule has 0 fully saturated rings. The third kappa shape index (κ3) is 3.97. The lowest BCUT2D eigenvalue weighted by Gasteiger charge is -2.20. The lowest BCUT2D eigenvalue weighted by atomic mass is 10.1. The fourth-order valence-electron chi connectivity index (χ4n) is 2.21. The van der Waals surface area contributed by atoms with E-state index >= 15 is 0 Å². The quantitative estimate of drug-likeness (QED) is 0.671. The fraction of sp³-hybridized carbons (Fsp3) is 0.235. The lowest BCUT2D eigenvalue weighted by molar-refractivity contribution is 0.260. The first kappa shape index (κ1) is 17.2. The third-order valence-corrected chi connectivity index (χ3v) is 3.68. The summed E-state index contributed by atoms with van der Waals surface area (Å²) in [6, 6.07) is 10.2. The zero-order chi connectivity index (χ0) is 17.0. The van der Waals surface area contributed by atoms with Crippen LogP contribution >= 0.6 is 12.2 Å². The zero-order valence-electron chi connectivity index (χ0n) is 13.2. The van der Waals surface area contributed by atoms with Gasteiger partial charge in [-0.2, -0.15) is 5.06 Å². The van der Waals surface area contributed by atoms with Crippen LogP contribution in [-0.2, 0) is 11.3 Å². The van der Waals surface area contributed by atoms with E-state index in [0.717, 1.165) is 11.1 Å². The van der Waals surface area contributed by atoms with Crippen molar-refractivity contribution in [2.45, 2.75) is 20.5 Å². The second-order valence-corrected chi connectivity index (χ2v) is 5.44. The van der Waals surface area contributed by atoms with E-state index < -0.39 is 5.82 Å². The molecule has 0 unspecified atom stereocenters. The molecular weight excluding hydrogens is 317 g/mol. The summed E-state index contributed by atoms with van der Waals surface area (Å²) in [4.78, 5) is 0. The first-order valence-electron chi connectivity index (χ1n) is 6.98. The number of hydroxylamine groups is 1. The molecule has 2 aromatic carbocycles. The van der Waals surface area contributed by atoms with Gasteiger partial charge in [0.15, 0.2) is 0 Å². The number of nitrogens with zero attached hydrogens (tertiary/aromatic N) is 1. The Balaban J connectivity index is 2.26. The van der Waals surface area contributed by atoms with Crippen LogP contribution in [0, 0.1) is 19.7 Å². The number of hydrogen-bond donors (Lipinski definition) is 1. The van der Waals surface area contributed by atoms with Gasteiger partial charge in [-0.15, -0.1) is 0 Å². The molecule has 1 N–H and O–H groups in total. The van der Waals surface area contributed by atoms with Crippen molar-refractivity contribution in [3.63, 3.8) is 0 Å². The summed E-state index contributed by atoms with van der Waals surface area (Å²) in [5, 5.41) is 10.3. The Morgan fingerprint density at radius 1 is 1.26 bits per heavy atom. The van der Waals surface area contributed by atoms with E-state index in [2.05, 4.69) is 0 Å². The predicted molar refractivity (Wildman–Crippen MR) is 90.5 cm³/mol.